The van der Waals surface area contributed by atoms with E-state index in [2.05, 4.69) is 0 Å². The molecule has 0 spiro atoms. The van der Waals surface area contributed by atoms with Crippen LogP contribution in [0.4, 0.5) is 4.39 Å². The molecule has 0 fully saturated rings. The summed E-state index contributed by atoms with van der Waals surface area (Å²) in [7, 11) is 0. The number of aromatic hydroxyl groups is 1. The highest BCUT2D eigenvalue weighted by molar-refractivity contribution is 5.74. The molecule has 3 nitrogen and oxygen atoms in total. The third-order valence-corrected chi connectivity index (χ3v) is 2.72. The van der Waals surface area contributed by atoms with Crippen molar-refractivity contribution in [2.24, 2.45) is 5.41 Å². The topological polar surface area (TPSA) is 57.5 Å². The number of benzene rings is 1. The maximum Gasteiger partial charge on any atom is 0.312 e. The molecule has 4 heteroatoms. The molecule has 1 atom stereocenters. The summed E-state index contributed by atoms with van der Waals surface area (Å²) in [4.78, 5) is 10.9. The van der Waals surface area contributed by atoms with Gasteiger partial charge in [0.1, 0.15) is 12.4 Å². The number of aryl methyl sites for hydroxylation is 1. The van der Waals surface area contributed by atoms with Crippen molar-refractivity contribution >= 4 is 5.97 Å². The standard InChI is InChI=1S/C12H15FO3/c1-8-5-10(14)4-3-9(8)6-12(2,7-13)11(15)16/h3-5,14H,6-7H2,1-2H3,(H,15,16). The molecule has 0 saturated heterocycles. The summed E-state index contributed by atoms with van der Waals surface area (Å²) >= 11 is 0. The number of carboxylic acids is 1. The minimum Gasteiger partial charge on any atom is -0.508 e. The van der Waals surface area contributed by atoms with Crippen molar-refractivity contribution < 1.29 is 19.4 Å². The average molecular weight is 226 g/mol. The zero-order valence-electron chi connectivity index (χ0n) is 9.33. The first-order chi connectivity index (χ1) is 7.39. The highest BCUT2D eigenvalue weighted by atomic mass is 19.1. The number of alkyl halides is 1. The minimum atomic E-state index is -1.40. The Morgan fingerprint density at radius 2 is 2.12 bits per heavy atom. The third-order valence-electron chi connectivity index (χ3n) is 2.72. The summed E-state index contributed by atoms with van der Waals surface area (Å²) in [5.41, 5.74) is 0.100. The van der Waals surface area contributed by atoms with Crippen molar-refractivity contribution in [2.75, 3.05) is 6.67 Å². The van der Waals surface area contributed by atoms with E-state index in [9.17, 15) is 14.3 Å². The second kappa shape index (κ2) is 4.51. The maximum atomic E-state index is 12.8. The van der Waals surface area contributed by atoms with Crippen LogP contribution in [0.15, 0.2) is 18.2 Å². The van der Waals surface area contributed by atoms with Gasteiger partial charge in [-0.15, -0.1) is 0 Å². The predicted molar refractivity (Wildman–Crippen MR) is 58.3 cm³/mol. The van der Waals surface area contributed by atoms with E-state index < -0.39 is 18.1 Å². The van der Waals surface area contributed by atoms with Crippen LogP contribution in [0.25, 0.3) is 0 Å². The van der Waals surface area contributed by atoms with Crippen molar-refractivity contribution in [2.45, 2.75) is 20.3 Å². The lowest BCUT2D eigenvalue weighted by Crippen LogP contribution is -2.32. The molecule has 1 rings (SSSR count). The van der Waals surface area contributed by atoms with Gasteiger partial charge in [-0.1, -0.05) is 6.07 Å². The number of hydrogen-bond donors (Lipinski definition) is 2. The van der Waals surface area contributed by atoms with Crippen LogP contribution in [0, 0.1) is 12.3 Å². The van der Waals surface area contributed by atoms with E-state index in [1.165, 1.54) is 19.1 Å². The Hall–Kier alpha value is -1.58. The lowest BCUT2D eigenvalue weighted by molar-refractivity contribution is -0.148. The van der Waals surface area contributed by atoms with Gasteiger partial charge in [-0.2, -0.15) is 0 Å². The fraction of sp³-hybridized carbons (Fsp3) is 0.417. The molecule has 0 radical (unpaired) electrons. The zero-order chi connectivity index (χ0) is 12.3. The molecule has 16 heavy (non-hydrogen) atoms. The van der Waals surface area contributed by atoms with Gasteiger partial charge in [0.2, 0.25) is 0 Å². The first-order valence-electron chi connectivity index (χ1n) is 4.97. The van der Waals surface area contributed by atoms with E-state index in [4.69, 9.17) is 5.11 Å². The SMILES string of the molecule is Cc1cc(O)ccc1CC(C)(CF)C(=O)O. The molecule has 0 aliphatic carbocycles. The second-order valence-electron chi connectivity index (χ2n) is 4.29. The Balaban J connectivity index is 2.99. The lowest BCUT2D eigenvalue weighted by Gasteiger charge is -2.21. The maximum absolute atomic E-state index is 12.8. The quantitative estimate of drug-likeness (QED) is 0.828. The molecule has 0 bridgehead atoms. The van der Waals surface area contributed by atoms with Gasteiger partial charge < -0.3 is 10.2 Å². The largest absolute Gasteiger partial charge is 0.508 e. The van der Waals surface area contributed by atoms with Gasteiger partial charge in [0.15, 0.2) is 0 Å². The average Bonchev–Trinajstić information content (AvgIpc) is 2.22. The molecular formula is C12H15FO3. The zero-order valence-corrected chi connectivity index (χ0v) is 9.33. The van der Waals surface area contributed by atoms with E-state index in [1.54, 1.807) is 13.0 Å². The van der Waals surface area contributed by atoms with Gasteiger partial charge in [0, 0.05) is 0 Å². The molecular weight excluding hydrogens is 211 g/mol. The van der Waals surface area contributed by atoms with E-state index in [1.807, 2.05) is 0 Å². The van der Waals surface area contributed by atoms with Crippen LogP contribution in [-0.2, 0) is 11.2 Å². The molecule has 0 amide bonds. The Morgan fingerprint density at radius 3 is 2.56 bits per heavy atom. The highest BCUT2D eigenvalue weighted by Gasteiger charge is 2.33. The first kappa shape index (κ1) is 12.5. The predicted octanol–water partition coefficient (Wildman–Crippen LogP) is 2.30. The van der Waals surface area contributed by atoms with Crippen LogP contribution >= 0.6 is 0 Å². The fourth-order valence-electron chi connectivity index (χ4n) is 1.48. The molecule has 0 heterocycles. The van der Waals surface area contributed by atoms with Gasteiger partial charge in [-0.05, 0) is 43.5 Å². The van der Waals surface area contributed by atoms with Crippen LogP contribution in [0.3, 0.4) is 0 Å². The molecule has 1 aromatic carbocycles. The number of carbonyl (C=O) groups is 1. The first-order valence-corrected chi connectivity index (χ1v) is 4.97. The Morgan fingerprint density at radius 1 is 1.50 bits per heavy atom. The summed E-state index contributed by atoms with van der Waals surface area (Å²) in [6, 6.07) is 4.64. The number of carboxylic acid groups (broad SMARTS) is 1. The van der Waals surface area contributed by atoms with E-state index in [-0.39, 0.29) is 12.2 Å². The molecule has 1 aromatic rings. The monoisotopic (exact) mass is 226 g/mol. The van der Waals surface area contributed by atoms with E-state index in [0.717, 1.165) is 11.1 Å². The summed E-state index contributed by atoms with van der Waals surface area (Å²) in [5, 5.41) is 18.2. The smallest absolute Gasteiger partial charge is 0.312 e. The van der Waals surface area contributed by atoms with Gasteiger partial charge in [0.05, 0.1) is 5.41 Å². The highest BCUT2D eigenvalue weighted by Crippen LogP contribution is 2.27. The molecule has 0 saturated carbocycles. The molecule has 1 unspecified atom stereocenters. The summed E-state index contributed by atoms with van der Waals surface area (Å²) < 4.78 is 12.8. The third kappa shape index (κ3) is 2.51. The molecule has 88 valence electrons. The van der Waals surface area contributed by atoms with E-state index >= 15 is 0 Å². The number of phenols is 1. The lowest BCUT2D eigenvalue weighted by atomic mass is 9.83. The number of phenolic OH excluding ortho intramolecular Hbond substituents is 1. The van der Waals surface area contributed by atoms with Crippen LogP contribution < -0.4 is 0 Å². The molecule has 0 aromatic heterocycles. The number of aliphatic carboxylic acids is 1. The van der Waals surface area contributed by atoms with Gasteiger partial charge in [-0.25, -0.2) is 4.39 Å². The molecule has 0 aliphatic heterocycles. The van der Waals surface area contributed by atoms with Crippen molar-refractivity contribution in [3.8, 4) is 5.75 Å². The van der Waals surface area contributed by atoms with Crippen LogP contribution in [0.1, 0.15) is 18.1 Å². The number of hydrogen-bond acceptors (Lipinski definition) is 2. The number of rotatable bonds is 4. The fourth-order valence-corrected chi connectivity index (χ4v) is 1.48. The Kier molecular flexibility index (Phi) is 3.52. The van der Waals surface area contributed by atoms with Crippen molar-refractivity contribution in [1.82, 2.24) is 0 Å². The Labute approximate surface area is 93.5 Å². The minimum absolute atomic E-state index is 0.116. The summed E-state index contributed by atoms with van der Waals surface area (Å²) in [5.74, 6) is -1.03. The van der Waals surface area contributed by atoms with Crippen LogP contribution in [0.2, 0.25) is 0 Å². The number of halogens is 1. The van der Waals surface area contributed by atoms with Crippen molar-refractivity contribution in [1.29, 1.82) is 0 Å². The summed E-state index contributed by atoms with van der Waals surface area (Å²) in [6.45, 7) is 2.22. The van der Waals surface area contributed by atoms with Crippen molar-refractivity contribution in [3.63, 3.8) is 0 Å². The molecule has 0 aliphatic rings. The Bertz CT molecular complexity index is 403. The van der Waals surface area contributed by atoms with Gasteiger partial charge >= 0.3 is 5.97 Å². The normalized spacial score (nSPS) is 14.4. The van der Waals surface area contributed by atoms with Crippen LogP contribution in [-0.4, -0.2) is 22.9 Å². The molecule has 2 N–H and O–H groups in total. The van der Waals surface area contributed by atoms with Gasteiger partial charge in [-0.3, -0.25) is 4.79 Å². The summed E-state index contributed by atoms with van der Waals surface area (Å²) in [6.07, 6.45) is 0.116. The van der Waals surface area contributed by atoms with Gasteiger partial charge in [0.25, 0.3) is 0 Å². The van der Waals surface area contributed by atoms with Crippen molar-refractivity contribution in [3.05, 3.63) is 29.3 Å². The van der Waals surface area contributed by atoms with Crippen LogP contribution in [0.5, 0.6) is 5.75 Å². The van der Waals surface area contributed by atoms with E-state index in [0.29, 0.717) is 0 Å². The second-order valence-corrected chi connectivity index (χ2v) is 4.29.